The van der Waals surface area contributed by atoms with Crippen LogP contribution in [-0.4, -0.2) is 119 Å². The SMILES string of the molecule is C/C(=C\C=C\[C@@H](C)COC(=O)N1[C@@H](C)CC[C@@H]1C)[C@H]1OC(=O)C[C@@H](O)CC[C@](C)(O)[C@@H](OC(=O)N2CCN(C)CC2)/C=C/[C@@H]1C. The summed E-state index contributed by atoms with van der Waals surface area (Å²) in [6.45, 7) is 14.2. The van der Waals surface area contributed by atoms with E-state index in [-0.39, 0.29) is 55.9 Å². The minimum atomic E-state index is -1.46. The highest BCUT2D eigenvalue weighted by Gasteiger charge is 2.37. The molecule has 0 unspecified atom stereocenters. The van der Waals surface area contributed by atoms with Gasteiger partial charge in [-0.05, 0) is 72.1 Å². The number of carbonyl (C=O) groups excluding carboxylic acids is 3. The predicted octanol–water partition coefficient (Wildman–Crippen LogP) is 4.29. The Labute approximate surface area is 268 Å². The molecule has 3 aliphatic heterocycles. The van der Waals surface area contributed by atoms with E-state index in [9.17, 15) is 24.6 Å². The number of likely N-dealkylation sites (tertiary alicyclic amines) is 1. The number of likely N-dealkylation sites (N-methyl/N-ethyl adjacent to an activating group) is 1. The standard InChI is InChI=1S/C34H55N3O8/c1-23(22-43-33(41)37-26(4)12-13-27(37)5)9-8-10-24(2)31-25(3)11-14-29(44-32(40)36-19-17-35(7)18-20-36)34(6,42)16-15-28(38)21-30(39)45-31/h8-11,14,23,25-29,31,38,42H,12-13,15-22H2,1-7H3/b9-8+,14-11+,24-10+/t23-,25+,26+,27+,28+,29+,31-,34+/m1/s1. The van der Waals surface area contributed by atoms with E-state index in [4.69, 9.17) is 14.2 Å². The molecule has 2 saturated heterocycles. The highest BCUT2D eigenvalue weighted by Crippen LogP contribution is 2.28. The van der Waals surface area contributed by atoms with Crippen molar-refractivity contribution in [1.29, 1.82) is 0 Å². The van der Waals surface area contributed by atoms with Crippen molar-refractivity contribution in [1.82, 2.24) is 14.7 Å². The first-order chi connectivity index (χ1) is 21.2. The second kappa shape index (κ2) is 16.6. The number of hydrogen-bond acceptors (Lipinski definition) is 9. The summed E-state index contributed by atoms with van der Waals surface area (Å²) in [5.74, 6) is -0.900. The molecule has 0 saturated carbocycles. The van der Waals surface area contributed by atoms with Crippen molar-refractivity contribution in [3.63, 3.8) is 0 Å². The summed E-state index contributed by atoms with van der Waals surface area (Å²) in [7, 11) is 2.00. The second-order valence-corrected chi connectivity index (χ2v) is 13.5. The lowest BCUT2D eigenvalue weighted by Gasteiger charge is -2.36. The van der Waals surface area contributed by atoms with Gasteiger partial charge in [0.1, 0.15) is 11.7 Å². The van der Waals surface area contributed by atoms with Crippen LogP contribution < -0.4 is 0 Å². The zero-order valence-electron chi connectivity index (χ0n) is 28.2. The number of esters is 1. The van der Waals surface area contributed by atoms with Gasteiger partial charge in [-0.1, -0.05) is 38.2 Å². The molecule has 0 aromatic heterocycles. The number of ether oxygens (including phenoxy) is 3. The van der Waals surface area contributed by atoms with Gasteiger partial charge < -0.3 is 39.1 Å². The quantitative estimate of drug-likeness (QED) is 0.191. The third kappa shape index (κ3) is 10.9. The summed E-state index contributed by atoms with van der Waals surface area (Å²) in [5.41, 5.74) is -0.694. The van der Waals surface area contributed by atoms with Gasteiger partial charge in [-0.2, -0.15) is 0 Å². The maximum atomic E-state index is 13.0. The number of piperazine rings is 1. The van der Waals surface area contributed by atoms with Crippen molar-refractivity contribution >= 4 is 18.2 Å². The predicted molar refractivity (Wildman–Crippen MR) is 171 cm³/mol. The molecule has 11 heteroatoms. The Kier molecular flexibility index (Phi) is 13.5. The van der Waals surface area contributed by atoms with E-state index in [1.165, 1.54) is 0 Å². The number of cyclic esters (lactones) is 1. The van der Waals surface area contributed by atoms with Gasteiger partial charge in [-0.3, -0.25) is 4.79 Å². The molecule has 0 aromatic carbocycles. The highest BCUT2D eigenvalue weighted by atomic mass is 16.6. The Morgan fingerprint density at radius 1 is 1.09 bits per heavy atom. The zero-order valence-corrected chi connectivity index (χ0v) is 28.2. The number of allylic oxidation sites excluding steroid dienone is 2. The molecular formula is C34H55N3O8. The van der Waals surface area contributed by atoms with Crippen molar-refractivity contribution in [3.8, 4) is 0 Å². The third-order valence-electron chi connectivity index (χ3n) is 9.19. The van der Waals surface area contributed by atoms with Crippen LogP contribution >= 0.6 is 0 Å². The summed E-state index contributed by atoms with van der Waals surface area (Å²) in [6, 6.07) is 0.361. The normalized spacial score (nSPS) is 34.1. The van der Waals surface area contributed by atoms with E-state index in [1.54, 1.807) is 24.0 Å². The van der Waals surface area contributed by atoms with Gasteiger partial charge in [0.05, 0.1) is 19.1 Å². The summed E-state index contributed by atoms with van der Waals surface area (Å²) >= 11 is 0. The van der Waals surface area contributed by atoms with E-state index in [2.05, 4.69) is 4.90 Å². The first kappa shape index (κ1) is 36.6. The van der Waals surface area contributed by atoms with Crippen molar-refractivity contribution in [2.75, 3.05) is 39.8 Å². The van der Waals surface area contributed by atoms with Crippen molar-refractivity contribution < 1.29 is 38.8 Å². The van der Waals surface area contributed by atoms with Crippen LogP contribution in [0, 0.1) is 11.8 Å². The minimum Gasteiger partial charge on any atom is -0.457 e. The van der Waals surface area contributed by atoms with Gasteiger partial charge in [0.25, 0.3) is 0 Å². The monoisotopic (exact) mass is 633 g/mol. The molecule has 3 heterocycles. The Morgan fingerprint density at radius 3 is 2.38 bits per heavy atom. The molecule has 2 fully saturated rings. The molecule has 3 aliphatic rings. The average molecular weight is 634 g/mol. The molecule has 2 N–H and O–H groups in total. The number of nitrogens with zero attached hydrogens (tertiary/aromatic N) is 3. The van der Waals surface area contributed by atoms with Crippen molar-refractivity contribution in [2.45, 2.75) is 110 Å². The minimum absolute atomic E-state index is 0.0319. The summed E-state index contributed by atoms with van der Waals surface area (Å²) < 4.78 is 17.3. The molecule has 3 rings (SSSR count). The number of rotatable bonds is 6. The third-order valence-corrected chi connectivity index (χ3v) is 9.19. The number of aliphatic hydroxyl groups is 2. The van der Waals surface area contributed by atoms with Crippen LogP contribution in [0.5, 0.6) is 0 Å². The lowest BCUT2D eigenvalue weighted by molar-refractivity contribution is -0.151. The van der Waals surface area contributed by atoms with E-state index in [0.29, 0.717) is 13.1 Å². The molecule has 8 atom stereocenters. The smallest absolute Gasteiger partial charge is 0.410 e. The van der Waals surface area contributed by atoms with E-state index < -0.39 is 36.0 Å². The molecule has 11 nitrogen and oxygen atoms in total. The van der Waals surface area contributed by atoms with Gasteiger partial charge in [0, 0.05) is 50.1 Å². The van der Waals surface area contributed by atoms with Gasteiger partial charge in [-0.25, -0.2) is 9.59 Å². The van der Waals surface area contributed by atoms with Crippen molar-refractivity contribution in [3.05, 3.63) is 36.0 Å². The molecule has 2 amide bonds. The molecule has 45 heavy (non-hydrogen) atoms. The van der Waals surface area contributed by atoms with Gasteiger partial charge in [0.2, 0.25) is 0 Å². The average Bonchev–Trinajstić information content (AvgIpc) is 3.32. The number of aliphatic hydroxyl groups excluding tert-OH is 1. The summed E-state index contributed by atoms with van der Waals surface area (Å²) in [4.78, 5) is 44.0. The molecule has 0 aromatic rings. The fourth-order valence-corrected chi connectivity index (χ4v) is 6.00. The van der Waals surface area contributed by atoms with Gasteiger partial charge in [0.15, 0.2) is 6.10 Å². The van der Waals surface area contributed by atoms with Crippen molar-refractivity contribution in [2.24, 2.45) is 11.8 Å². The van der Waals surface area contributed by atoms with Gasteiger partial charge in [-0.15, -0.1) is 0 Å². The number of carbonyl (C=O) groups is 3. The van der Waals surface area contributed by atoms with Crippen LogP contribution in [-0.2, 0) is 19.0 Å². The summed E-state index contributed by atoms with van der Waals surface area (Å²) in [5, 5.41) is 21.9. The molecule has 0 bridgehead atoms. The van der Waals surface area contributed by atoms with E-state index >= 15 is 0 Å². The first-order valence-electron chi connectivity index (χ1n) is 16.4. The molecule has 0 radical (unpaired) electrons. The maximum Gasteiger partial charge on any atom is 0.410 e. The first-order valence-corrected chi connectivity index (χ1v) is 16.4. The van der Waals surface area contributed by atoms with Crippen LogP contribution in [0.3, 0.4) is 0 Å². The topological polar surface area (TPSA) is 129 Å². The molecule has 0 aliphatic carbocycles. The molecular weight excluding hydrogens is 578 g/mol. The Bertz CT molecular complexity index is 1090. The summed E-state index contributed by atoms with van der Waals surface area (Å²) in [6.07, 6.45) is 7.70. The lowest BCUT2D eigenvalue weighted by atomic mass is 9.89. The van der Waals surface area contributed by atoms with E-state index in [1.807, 2.05) is 64.8 Å². The van der Waals surface area contributed by atoms with Crippen LogP contribution in [0.1, 0.15) is 73.6 Å². The zero-order chi connectivity index (χ0) is 33.3. The largest absolute Gasteiger partial charge is 0.457 e. The second-order valence-electron chi connectivity index (χ2n) is 13.5. The Hall–Kier alpha value is -2.89. The van der Waals surface area contributed by atoms with Crippen LogP contribution in [0.15, 0.2) is 36.0 Å². The van der Waals surface area contributed by atoms with E-state index in [0.717, 1.165) is 31.5 Å². The maximum absolute atomic E-state index is 13.0. The number of hydrogen-bond donors (Lipinski definition) is 2. The fraction of sp³-hybridized carbons (Fsp3) is 0.735. The Morgan fingerprint density at radius 2 is 1.73 bits per heavy atom. The Balaban J connectivity index is 1.70. The highest BCUT2D eigenvalue weighted by molar-refractivity contribution is 5.70. The number of amides is 2. The molecule has 0 spiro atoms. The molecule has 254 valence electrons. The van der Waals surface area contributed by atoms with Crippen LogP contribution in [0.2, 0.25) is 0 Å². The van der Waals surface area contributed by atoms with Crippen LogP contribution in [0.4, 0.5) is 9.59 Å². The van der Waals surface area contributed by atoms with Gasteiger partial charge >= 0.3 is 18.2 Å². The fourth-order valence-electron chi connectivity index (χ4n) is 6.00. The van der Waals surface area contributed by atoms with Crippen LogP contribution in [0.25, 0.3) is 0 Å². The lowest BCUT2D eigenvalue weighted by Crippen LogP contribution is -2.50.